The molecule has 0 unspecified atom stereocenters. The minimum atomic E-state index is -0.731. The van der Waals surface area contributed by atoms with Crippen LogP contribution in [0.3, 0.4) is 0 Å². The predicted octanol–water partition coefficient (Wildman–Crippen LogP) is 4.48. The lowest BCUT2D eigenvalue weighted by molar-refractivity contribution is 0.430. The molecule has 2 heterocycles. The Morgan fingerprint density at radius 2 is 1.90 bits per heavy atom. The molecule has 2 N–H and O–H groups in total. The summed E-state index contributed by atoms with van der Waals surface area (Å²) in [6.07, 6.45) is 1.22. The molecule has 156 valence electrons. The molecule has 0 saturated carbocycles. The number of aliphatic imine (C=N–C) groups is 1. The van der Waals surface area contributed by atoms with Gasteiger partial charge in [0.25, 0.3) is 5.56 Å². The lowest BCUT2D eigenvalue weighted by Crippen LogP contribution is -2.31. The first-order chi connectivity index (χ1) is 14.8. The van der Waals surface area contributed by atoms with Crippen LogP contribution in [0.25, 0.3) is 16.9 Å². The van der Waals surface area contributed by atoms with Crippen molar-refractivity contribution in [2.75, 3.05) is 0 Å². The summed E-state index contributed by atoms with van der Waals surface area (Å²) >= 11 is 4.76. The smallest absolute Gasteiger partial charge is 0.335 e. The van der Waals surface area contributed by atoms with Gasteiger partial charge in [-0.2, -0.15) is 0 Å². The number of rotatable bonds is 4. The molecular weight excluding hydrogens is 480 g/mol. The molecule has 2 aromatic carbocycles. The largest absolute Gasteiger partial charge is 0.493 e. The van der Waals surface area contributed by atoms with Crippen LogP contribution >= 0.6 is 27.3 Å². The maximum Gasteiger partial charge on any atom is 0.335 e. The van der Waals surface area contributed by atoms with Gasteiger partial charge in [0, 0.05) is 21.6 Å². The molecule has 0 fully saturated rings. The molecule has 0 atom stereocenters. The van der Waals surface area contributed by atoms with Crippen LogP contribution in [-0.4, -0.2) is 25.9 Å². The standard InChI is InChI=1S/C22H17BrN4O3S/c1-12-9-18(13(2)8-16(12)23)27-20(29)15(19(28)26-22(27)30)10-24-21-25-17(11-31-21)14-6-4-3-5-7-14/h3-11,29H,1-2H3,(H,26,28,30). The average molecular weight is 497 g/mol. The summed E-state index contributed by atoms with van der Waals surface area (Å²) in [7, 11) is 0. The molecule has 2 aromatic heterocycles. The van der Waals surface area contributed by atoms with Crippen molar-refractivity contribution in [2.24, 2.45) is 4.99 Å². The van der Waals surface area contributed by atoms with Gasteiger partial charge in [-0.05, 0) is 37.1 Å². The molecule has 4 rings (SSSR count). The van der Waals surface area contributed by atoms with Crippen LogP contribution in [-0.2, 0) is 0 Å². The third-order valence-electron chi connectivity index (χ3n) is 4.70. The third kappa shape index (κ3) is 4.14. The van der Waals surface area contributed by atoms with E-state index in [4.69, 9.17) is 0 Å². The molecule has 0 radical (unpaired) electrons. The number of aromatic amines is 1. The highest BCUT2D eigenvalue weighted by atomic mass is 79.9. The van der Waals surface area contributed by atoms with Gasteiger partial charge < -0.3 is 5.11 Å². The van der Waals surface area contributed by atoms with Gasteiger partial charge in [-0.3, -0.25) is 9.78 Å². The van der Waals surface area contributed by atoms with Crippen molar-refractivity contribution in [3.63, 3.8) is 0 Å². The minimum absolute atomic E-state index is 0.129. The van der Waals surface area contributed by atoms with E-state index in [2.05, 4.69) is 30.9 Å². The first-order valence-electron chi connectivity index (χ1n) is 9.25. The Kier molecular flexibility index (Phi) is 5.71. The highest BCUT2D eigenvalue weighted by Crippen LogP contribution is 2.28. The number of nitrogens with one attached hydrogen (secondary N) is 1. The summed E-state index contributed by atoms with van der Waals surface area (Å²) in [6, 6.07) is 13.2. The van der Waals surface area contributed by atoms with Crippen molar-refractivity contribution in [2.45, 2.75) is 13.8 Å². The number of aromatic nitrogens is 3. The van der Waals surface area contributed by atoms with Gasteiger partial charge in [0.1, 0.15) is 5.56 Å². The molecule has 0 aliphatic carbocycles. The Balaban J connectivity index is 1.76. The van der Waals surface area contributed by atoms with Crippen molar-refractivity contribution in [1.29, 1.82) is 0 Å². The Morgan fingerprint density at radius 3 is 2.65 bits per heavy atom. The van der Waals surface area contributed by atoms with Crippen molar-refractivity contribution < 1.29 is 5.11 Å². The van der Waals surface area contributed by atoms with E-state index in [1.165, 1.54) is 17.6 Å². The lowest BCUT2D eigenvalue weighted by atomic mass is 10.1. The maximum absolute atomic E-state index is 12.5. The second-order valence-electron chi connectivity index (χ2n) is 6.86. The zero-order valence-electron chi connectivity index (χ0n) is 16.6. The fraction of sp³-hybridized carbons (Fsp3) is 0.0909. The van der Waals surface area contributed by atoms with E-state index in [-0.39, 0.29) is 5.56 Å². The summed E-state index contributed by atoms with van der Waals surface area (Å²) in [5.41, 5.74) is 2.23. The first-order valence-corrected chi connectivity index (χ1v) is 10.9. The van der Waals surface area contributed by atoms with Crippen molar-refractivity contribution in [3.05, 3.63) is 89.8 Å². The summed E-state index contributed by atoms with van der Waals surface area (Å²) in [4.78, 5) is 35.8. The molecule has 0 bridgehead atoms. The molecule has 0 aliphatic heterocycles. The number of hydrogen-bond donors (Lipinski definition) is 2. The van der Waals surface area contributed by atoms with Crippen LogP contribution < -0.4 is 11.2 Å². The highest BCUT2D eigenvalue weighted by Gasteiger charge is 2.17. The summed E-state index contributed by atoms with van der Waals surface area (Å²) < 4.78 is 1.94. The van der Waals surface area contributed by atoms with E-state index in [1.807, 2.05) is 55.6 Å². The minimum Gasteiger partial charge on any atom is -0.493 e. The third-order valence-corrected chi connectivity index (χ3v) is 6.31. The summed E-state index contributed by atoms with van der Waals surface area (Å²) in [6.45, 7) is 3.68. The Hall–Kier alpha value is -3.30. The number of thiazole rings is 1. The van der Waals surface area contributed by atoms with Crippen molar-refractivity contribution in [3.8, 4) is 22.8 Å². The first kappa shape index (κ1) is 21.0. The number of aromatic hydroxyl groups is 1. The molecule has 7 nitrogen and oxygen atoms in total. The van der Waals surface area contributed by atoms with Crippen molar-refractivity contribution in [1.82, 2.24) is 14.5 Å². The number of H-pyrrole nitrogens is 1. The maximum atomic E-state index is 12.5. The predicted molar refractivity (Wildman–Crippen MR) is 126 cm³/mol. The fourth-order valence-electron chi connectivity index (χ4n) is 3.07. The molecule has 0 aliphatic rings. The fourth-order valence-corrected chi connectivity index (χ4v) is 4.20. The average Bonchev–Trinajstić information content (AvgIpc) is 3.21. The van der Waals surface area contributed by atoms with Gasteiger partial charge in [0.15, 0.2) is 0 Å². The van der Waals surface area contributed by atoms with Crippen LogP contribution in [0, 0.1) is 13.8 Å². The van der Waals surface area contributed by atoms with Gasteiger partial charge >= 0.3 is 5.69 Å². The Bertz CT molecular complexity index is 1420. The zero-order chi connectivity index (χ0) is 22.1. The number of hydrogen-bond acceptors (Lipinski definition) is 6. The molecule has 9 heteroatoms. The van der Waals surface area contributed by atoms with E-state index in [0.29, 0.717) is 10.8 Å². The molecule has 4 aromatic rings. The van der Waals surface area contributed by atoms with Crippen LogP contribution in [0.5, 0.6) is 5.88 Å². The van der Waals surface area contributed by atoms with Crippen LogP contribution in [0.4, 0.5) is 5.13 Å². The second kappa shape index (κ2) is 8.44. The van der Waals surface area contributed by atoms with Gasteiger partial charge in [0.2, 0.25) is 11.0 Å². The lowest BCUT2D eigenvalue weighted by Gasteiger charge is -2.13. The molecular formula is C22H17BrN4O3S. The van der Waals surface area contributed by atoms with E-state index < -0.39 is 17.1 Å². The van der Waals surface area contributed by atoms with E-state index in [1.54, 1.807) is 6.07 Å². The van der Waals surface area contributed by atoms with Crippen LogP contribution in [0.1, 0.15) is 16.7 Å². The molecule has 0 saturated heterocycles. The van der Waals surface area contributed by atoms with Crippen LogP contribution in [0.2, 0.25) is 0 Å². The number of aryl methyl sites for hydroxylation is 2. The Morgan fingerprint density at radius 1 is 1.16 bits per heavy atom. The summed E-state index contributed by atoms with van der Waals surface area (Å²) in [5, 5.41) is 13.1. The van der Waals surface area contributed by atoms with Gasteiger partial charge in [-0.15, -0.1) is 11.3 Å². The van der Waals surface area contributed by atoms with Gasteiger partial charge in [-0.25, -0.2) is 19.3 Å². The monoisotopic (exact) mass is 496 g/mol. The van der Waals surface area contributed by atoms with E-state index >= 15 is 0 Å². The Labute approximate surface area is 189 Å². The molecule has 0 spiro atoms. The summed E-state index contributed by atoms with van der Waals surface area (Å²) in [5.74, 6) is -0.484. The topological polar surface area (TPSA) is 100 Å². The highest BCUT2D eigenvalue weighted by molar-refractivity contribution is 9.10. The number of halogens is 1. The van der Waals surface area contributed by atoms with E-state index in [9.17, 15) is 14.7 Å². The van der Waals surface area contributed by atoms with Crippen LogP contribution in [0.15, 0.2) is 66.9 Å². The van der Waals surface area contributed by atoms with Gasteiger partial charge in [-0.1, -0.05) is 46.3 Å². The SMILES string of the molecule is Cc1cc(-n2c(O)c(C=Nc3nc(-c4ccccc4)cs3)c(=O)[nH]c2=O)c(C)cc1Br. The van der Waals surface area contributed by atoms with Gasteiger partial charge in [0.05, 0.1) is 11.4 Å². The second-order valence-corrected chi connectivity index (χ2v) is 8.55. The quantitative estimate of drug-likeness (QED) is 0.406. The molecule has 31 heavy (non-hydrogen) atoms. The molecule has 0 amide bonds. The zero-order valence-corrected chi connectivity index (χ0v) is 19.0. The van der Waals surface area contributed by atoms with E-state index in [0.717, 1.165) is 31.4 Å². The number of benzene rings is 2. The van der Waals surface area contributed by atoms with Crippen molar-refractivity contribution >= 4 is 38.6 Å². The number of nitrogens with zero attached hydrogens (tertiary/aromatic N) is 3. The normalized spacial score (nSPS) is 11.3.